The molecule has 122 valence electrons. The molecule has 5 nitrogen and oxygen atoms in total. The van der Waals surface area contributed by atoms with Gasteiger partial charge in [0.15, 0.2) is 6.61 Å². The molecule has 0 radical (unpaired) electrons. The summed E-state index contributed by atoms with van der Waals surface area (Å²) in [5.74, 6) is -0.493. The first-order valence-electron chi connectivity index (χ1n) is 7.65. The second-order valence-corrected chi connectivity index (χ2v) is 6.62. The quantitative estimate of drug-likeness (QED) is 0.789. The molecule has 1 amide bonds. The molecule has 2 heterocycles. The Kier molecular flexibility index (Phi) is 3.86. The maximum absolute atomic E-state index is 13.6. The third-order valence-corrected chi connectivity index (χ3v) is 5.15. The third kappa shape index (κ3) is 2.71. The average Bonchev–Trinajstić information content (AvgIpc) is 3.16. The van der Waals surface area contributed by atoms with E-state index in [-0.39, 0.29) is 12.3 Å². The number of benzene rings is 1. The molecule has 1 aliphatic carbocycles. The highest BCUT2D eigenvalue weighted by Crippen LogP contribution is 2.39. The van der Waals surface area contributed by atoms with Crippen LogP contribution in [0.4, 0.5) is 10.1 Å². The van der Waals surface area contributed by atoms with Crippen LogP contribution in [0.15, 0.2) is 30.6 Å². The molecule has 24 heavy (non-hydrogen) atoms. The zero-order valence-corrected chi connectivity index (χ0v) is 13.5. The minimum Gasteiger partial charge on any atom is -0.467 e. The lowest BCUT2D eigenvalue weighted by molar-refractivity contribution is -0.118. The van der Waals surface area contributed by atoms with Gasteiger partial charge >= 0.3 is 0 Å². The second kappa shape index (κ2) is 6.16. The number of carbonyl (C=O) groups is 1. The predicted molar refractivity (Wildman–Crippen MR) is 90.0 cm³/mol. The maximum atomic E-state index is 13.6. The lowest BCUT2D eigenvalue weighted by atomic mass is 10.2. The second-order valence-electron chi connectivity index (χ2n) is 5.53. The maximum Gasteiger partial charge on any atom is 0.262 e. The molecular weight excluding hydrogens is 329 g/mol. The summed E-state index contributed by atoms with van der Waals surface area (Å²) in [6.45, 7) is -0.231. The molecule has 0 unspecified atom stereocenters. The molecule has 1 aromatic carbocycles. The number of thiophene rings is 1. The Morgan fingerprint density at radius 3 is 3.04 bits per heavy atom. The number of aromatic nitrogens is 2. The molecule has 2 aromatic heterocycles. The van der Waals surface area contributed by atoms with E-state index >= 15 is 0 Å². The number of fused-ring (bicyclic) bond motifs is 3. The molecule has 1 aliphatic rings. The van der Waals surface area contributed by atoms with Crippen LogP contribution in [0.5, 0.6) is 5.88 Å². The molecular formula is C17H14FN3O2S. The number of amides is 1. The molecule has 3 aromatic rings. The van der Waals surface area contributed by atoms with Crippen LogP contribution in [-0.2, 0) is 17.6 Å². The van der Waals surface area contributed by atoms with Crippen LogP contribution in [0.1, 0.15) is 16.9 Å². The normalized spacial score (nSPS) is 13.0. The molecule has 0 bridgehead atoms. The van der Waals surface area contributed by atoms with E-state index in [4.69, 9.17) is 4.74 Å². The van der Waals surface area contributed by atoms with Crippen LogP contribution in [0.25, 0.3) is 10.2 Å². The Hall–Kier alpha value is -2.54. The number of hydrogen-bond donors (Lipinski definition) is 1. The summed E-state index contributed by atoms with van der Waals surface area (Å²) in [7, 11) is 0. The van der Waals surface area contributed by atoms with Crippen LogP contribution in [0, 0.1) is 5.82 Å². The molecule has 0 saturated heterocycles. The van der Waals surface area contributed by atoms with Gasteiger partial charge in [-0.1, -0.05) is 12.1 Å². The zero-order chi connectivity index (χ0) is 16.5. The highest BCUT2D eigenvalue weighted by Gasteiger charge is 2.22. The summed E-state index contributed by atoms with van der Waals surface area (Å²) >= 11 is 1.66. The van der Waals surface area contributed by atoms with Gasteiger partial charge in [0, 0.05) is 4.88 Å². The molecule has 0 spiro atoms. The van der Waals surface area contributed by atoms with E-state index in [1.165, 1.54) is 28.9 Å². The average molecular weight is 343 g/mol. The van der Waals surface area contributed by atoms with Crippen LogP contribution in [-0.4, -0.2) is 22.5 Å². The van der Waals surface area contributed by atoms with Gasteiger partial charge in [-0.05, 0) is 37.0 Å². The van der Waals surface area contributed by atoms with Gasteiger partial charge in [0.05, 0.1) is 11.1 Å². The van der Waals surface area contributed by atoms with Crippen molar-refractivity contribution in [3.8, 4) is 5.88 Å². The Morgan fingerprint density at radius 1 is 1.29 bits per heavy atom. The van der Waals surface area contributed by atoms with Crippen LogP contribution >= 0.6 is 11.3 Å². The molecule has 0 fully saturated rings. The van der Waals surface area contributed by atoms with Crippen molar-refractivity contribution in [1.29, 1.82) is 0 Å². The summed E-state index contributed by atoms with van der Waals surface area (Å²) < 4.78 is 19.2. The Balaban J connectivity index is 1.51. The minimum absolute atomic E-state index is 0.135. The summed E-state index contributed by atoms with van der Waals surface area (Å²) in [4.78, 5) is 22.7. The molecule has 0 atom stereocenters. The Morgan fingerprint density at radius 2 is 2.17 bits per heavy atom. The largest absolute Gasteiger partial charge is 0.467 e. The lowest BCUT2D eigenvalue weighted by Gasteiger charge is -2.08. The van der Waals surface area contributed by atoms with Crippen molar-refractivity contribution in [2.75, 3.05) is 11.9 Å². The van der Waals surface area contributed by atoms with Gasteiger partial charge in [-0.2, -0.15) is 0 Å². The van der Waals surface area contributed by atoms with Crippen molar-refractivity contribution in [1.82, 2.24) is 9.97 Å². The first kappa shape index (κ1) is 15.0. The van der Waals surface area contributed by atoms with Crippen molar-refractivity contribution >= 4 is 33.1 Å². The number of rotatable bonds is 4. The first-order chi connectivity index (χ1) is 11.7. The van der Waals surface area contributed by atoms with Gasteiger partial charge in [0.2, 0.25) is 5.88 Å². The summed E-state index contributed by atoms with van der Waals surface area (Å²) in [5, 5.41) is 3.41. The van der Waals surface area contributed by atoms with Gasteiger partial charge in [0.1, 0.15) is 17.0 Å². The van der Waals surface area contributed by atoms with Gasteiger partial charge in [-0.3, -0.25) is 4.79 Å². The molecule has 7 heteroatoms. The van der Waals surface area contributed by atoms with Crippen LogP contribution < -0.4 is 10.1 Å². The van der Waals surface area contributed by atoms with E-state index in [1.54, 1.807) is 23.5 Å². The van der Waals surface area contributed by atoms with Gasteiger partial charge < -0.3 is 10.1 Å². The van der Waals surface area contributed by atoms with Crippen molar-refractivity contribution in [3.63, 3.8) is 0 Å². The fraction of sp³-hybridized carbons (Fsp3) is 0.235. The molecule has 4 rings (SSSR count). The summed E-state index contributed by atoms with van der Waals surface area (Å²) in [5.41, 5.74) is 1.37. The molecule has 0 saturated carbocycles. The van der Waals surface area contributed by atoms with Gasteiger partial charge in [0.25, 0.3) is 5.91 Å². The van der Waals surface area contributed by atoms with Gasteiger partial charge in [-0.25, -0.2) is 14.4 Å². The number of hydrogen-bond acceptors (Lipinski definition) is 5. The Bertz CT molecular complexity index is 925. The highest BCUT2D eigenvalue weighted by molar-refractivity contribution is 7.18. The fourth-order valence-electron chi connectivity index (χ4n) is 2.89. The van der Waals surface area contributed by atoms with E-state index in [9.17, 15) is 9.18 Å². The van der Waals surface area contributed by atoms with E-state index in [0.29, 0.717) is 5.88 Å². The highest BCUT2D eigenvalue weighted by atomic mass is 32.1. The topological polar surface area (TPSA) is 64.1 Å². The van der Waals surface area contributed by atoms with E-state index < -0.39 is 11.7 Å². The number of anilines is 1. The smallest absolute Gasteiger partial charge is 0.262 e. The first-order valence-corrected chi connectivity index (χ1v) is 8.46. The fourth-order valence-corrected chi connectivity index (χ4v) is 4.11. The van der Waals surface area contributed by atoms with Crippen molar-refractivity contribution < 1.29 is 13.9 Å². The molecule has 0 aliphatic heterocycles. The Labute approximate surface area is 141 Å². The summed E-state index contributed by atoms with van der Waals surface area (Å²) in [6.07, 6.45) is 4.61. The monoisotopic (exact) mass is 343 g/mol. The zero-order valence-electron chi connectivity index (χ0n) is 12.7. The number of carbonyl (C=O) groups excluding carboxylic acids is 1. The summed E-state index contributed by atoms with van der Waals surface area (Å²) in [6, 6.07) is 6.01. The van der Waals surface area contributed by atoms with Crippen molar-refractivity contribution in [3.05, 3.63) is 46.9 Å². The minimum atomic E-state index is -0.481. The number of nitrogens with zero attached hydrogens (tertiary/aromatic N) is 2. The predicted octanol–water partition coefficient (Wildman–Crippen LogP) is 3.34. The number of para-hydroxylation sites is 1. The standard InChI is InChI=1S/C17H14FN3O2S/c18-11-5-1-2-6-12(11)21-14(22)8-23-16-15-10-4-3-7-13(10)24-17(15)20-9-19-16/h1-2,5-6,9H,3-4,7-8H2,(H,21,22). The van der Waals surface area contributed by atoms with E-state index in [2.05, 4.69) is 15.3 Å². The van der Waals surface area contributed by atoms with E-state index in [1.807, 2.05) is 0 Å². The third-order valence-electron chi connectivity index (χ3n) is 3.95. The number of halogens is 1. The lowest BCUT2D eigenvalue weighted by Crippen LogP contribution is -2.21. The molecule has 1 N–H and O–H groups in total. The number of aryl methyl sites for hydroxylation is 2. The van der Waals surface area contributed by atoms with Crippen molar-refractivity contribution in [2.24, 2.45) is 0 Å². The number of nitrogens with one attached hydrogen (secondary N) is 1. The SMILES string of the molecule is O=C(COc1ncnc2sc3c(c12)CCC3)Nc1ccccc1F. The van der Waals surface area contributed by atoms with Gasteiger partial charge in [-0.15, -0.1) is 11.3 Å². The van der Waals surface area contributed by atoms with E-state index in [0.717, 1.165) is 29.5 Å². The number of ether oxygens (including phenoxy) is 1. The van der Waals surface area contributed by atoms with Crippen LogP contribution in [0.2, 0.25) is 0 Å². The van der Waals surface area contributed by atoms with Crippen molar-refractivity contribution in [2.45, 2.75) is 19.3 Å². The van der Waals surface area contributed by atoms with Crippen LogP contribution in [0.3, 0.4) is 0 Å².